The molecule has 1 unspecified atom stereocenters. The molecule has 0 bridgehead atoms. The Morgan fingerprint density at radius 3 is 2.86 bits per heavy atom. The van der Waals surface area contributed by atoms with E-state index in [1.165, 1.54) is 0 Å². The summed E-state index contributed by atoms with van der Waals surface area (Å²) in [6, 6.07) is 9.09. The van der Waals surface area contributed by atoms with Crippen molar-refractivity contribution in [3.63, 3.8) is 0 Å². The third-order valence-corrected chi connectivity index (χ3v) is 4.14. The molecule has 1 saturated carbocycles. The van der Waals surface area contributed by atoms with Crippen LogP contribution in [-0.4, -0.2) is 15.6 Å². The summed E-state index contributed by atoms with van der Waals surface area (Å²) < 4.78 is 2.96. The second-order valence-electron chi connectivity index (χ2n) is 5.47. The van der Waals surface area contributed by atoms with Gasteiger partial charge in [-0.15, -0.1) is 0 Å². The first-order valence-electron chi connectivity index (χ1n) is 7.02. The number of carbonyl (C=O) groups is 1. The Bertz CT molecular complexity index is 677. The lowest BCUT2D eigenvalue weighted by molar-refractivity contribution is 0.0930. The zero-order valence-corrected chi connectivity index (χ0v) is 13.3. The Kier molecular flexibility index (Phi) is 3.76. The second-order valence-corrected chi connectivity index (χ2v) is 6.39. The van der Waals surface area contributed by atoms with Crippen molar-refractivity contribution in [3.05, 3.63) is 52.3 Å². The predicted octanol–water partition coefficient (Wildman–Crippen LogP) is 3.78. The van der Waals surface area contributed by atoms with E-state index in [9.17, 15) is 9.90 Å². The smallest absolute Gasteiger partial charge is 0.268 e. The number of nitrogens with one attached hydrogen (secondary N) is 1. The quantitative estimate of drug-likeness (QED) is 0.883. The molecule has 1 amide bonds. The van der Waals surface area contributed by atoms with Crippen molar-refractivity contribution in [1.82, 2.24) is 9.88 Å². The Labute approximate surface area is 131 Å². The van der Waals surface area contributed by atoms with E-state index < -0.39 is 0 Å². The van der Waals surface area contributed by atoms with Gasteiger partial charge in [-0.25, -0.2) is 0 Å². The topological polar surface area (TPSA) is 54.3 Å². The van der Waals surface area contributed by atoms with Crippen LogP contribution in [-0.2, 0) is 0 Å². The first kappa shape index (κ1) is 14.2. The Hall–Kier alpha value is -1.75. The summed E-state index contributed by atoms with van der Waals surface area (Å²) in [6.07, 6.45) is 4.22. The molecule has 1 atom stereocenters. The number of hydrogen-bond donors (Lipinski definition) is 2. The van der Waals surface area contributed by atoms with E-state index in [0.29, 0.717) is 11.7 Å². The molecule has 0 saturated heterocycles. The number of aromatic nitrogens is 1. The highest BCUT2D eigenvalue weighted by Crippen LogP contribution is 2.37. The minimum Gasteiger partial charge on any atom is -0.508 e. The van der Waals surface area contributed by atoms with E-state index in [-0.39, 0.29) is 17.7 Å². The molecular weight excluding hydrogens is 332 g/mol. The maximum atomic E-state index is 12.5. The van der Waals surface area contributed by atoms with Crippen LogP contribution < -0.4 is 5.32 Å². The molecule has 1 fully saturated rings. The number of aromatic hydroxyl groups is 1. The van der Waals surface area contributed by atoms with E-state index >= 15 is 0 Å². The molecule has 5 heteroatoms. The maximum Gasteiger partial charge on any atom is 0.268 e. The summed E-state index contributed by atoms with van der Waals surface area (Å²) in [5.74, 6) is 0.112. The van der Waals surface area contributed by atoms with Crippen LogP contribution in [0.3, 0.4) is 0 Å². The number of phenols is 1. The van der Waals surface area contributed by atoms with Crippen LogP contribution in [0.4, 0.5) is 0 Å². The summed E-state index contributed by atoms with van der Waals surface area (Å²) in [4.78, 5) is 12.5. The van der Waals surface area contributed by atoms with Crippen LogP contribution in [0.2, 0.25) is 0 Å². The van der Waals surface area contributed by atoms with E-state index in [4.69, 9.17) is 0 Å². The molecule has 3 rings (SSSR count). The van der Waals surface area contributed by atoms with Gasteiger partial charge in [0.1, 0.15) is 11.4 Å². The van der Waals surface area contributed by atoms with Crippen molar-refractivity contribution in [2.24, 2.45) is 0 Å². The highest BCUT2D eigenvalue weighted by atomic mass is 79.9. The van der Waals surface area contributed by atoms with Crippen molar-refractivity contribution in [1.29, 1.82) is 0 Å². The van der Waals surface area contributed by atoms with Gasteiger partial charge in [-0.2, -0.15) is 0 Å². The number of hydrogen-bond acceptors (Lipinski definition) is 2. The minimum absolute atomic E-state index is 0.0940. The standard InChI is InChI=1S/C16H17BrN2O2/c1-10(11-3-2-4-14(20)7-11)18-16(21)15-8-12(17)9-19(15)13-5-6-13/h2-4,7-10,13,20H,5-6H2,1H3,(H,18,21). The van der Waals surface area contributed by atoms with Crippen molar-refractivity contribution >= 4 is 21.8 Å². The van der Waals surface area contributed by atoms with Gasteiger partial charge in [0.05, 0.1) is 6.04 Å². The van der Waals surface area contributed by atoms with Crippen LogP contribution in [0, 0.1) is 0 Å². The van der Waals surface area contributed by atoms with Gasteiger partial charge in [0.2, 0.25) is 0 Å². The molecule has 1 aliphatic carbocycles. The van der Waals surface area contributed by atoms with Crippen LogP contribution in [0.5, 0.6) is 5.75 Å². The Morgan fingerprint density at radius 1 is 1.43 bits per heavy atom. The molecule has 0 radical (unpaired) electrons. The highest BCUT2D eigenvalue weighted by Gasteiger charge is 2.28. The number of nitrogens with zero attached hydrogens (tertiary/aromatic N) is 1. The summed E-state index contributed by atoms with van der Waals surface area (Å²) in [5, 5.41) is 12.5. The van der Waals surface area contributed by atoms with Crippen molar-refractivity contribution < 1.29 is 9.90 Å². The summed E-state index contributed by atoms with van der Waals surface area (Å²) in [5.41, 5.74) is 1.56. The van der Waals surface area contributed by atoms with Gasteiger partial charge < -0.3 is 15.0 Å². The van der Waals surface area contributed by atoms with Crippen LogP contribution in [0.15, 0.2) is 41.0 Å². The zero-order valence-electron chi connectivity index (χ0n) is 11.7. The number of carbonyl (C=O) groups excluding carboxylic acids is 1. The molecule has 2 aromatic rings. The van der Waals surface area contributed by atoms with Gasteiger partial charge in [0.15, 0.2) is 0 Å². The predicted molar refractivity (Wildman–Crippen MR) is 84.4 cm³/mol. The first-order chi connectivity index (χ1) is 10.0. The average Bonchev–Trinajstić information content (AvgIpc) is 3.21. The monoisotopic (exact) mass is 348 g/mol. The van der Waals surface area contributed by atoms with Gasteiger partial charge in [-0.1, -0.05) is 12.1 Å². The van der Waals surface area contributed by atoms with E-state index in [1.807, 2.05) is 29.8 Å². The summed E-state index contributed by atoms with van der Waals surface area (Å²) in [6.45, 7) is 1.91. The van der Waals surface area contributed by atoms with Crippen LogP contribution in [0.25, 0.3) is 0 Å². The first-order valence-corrected chi connectivity index (χ1v) is 7.81. The zero-order chi connectivity index (χ0) is 15.0. The molecule has 110 valence electrons. The molecule has 1 heterocycles. The molecule has 0 aliphatic heterocycles. The number of amides is 1. The van der Waals surface area contributed by atoms with Crippen molar-refractivity contribution in [2.75, 3.05) is 0 Å². The summed E-state index contributed by atoms with van der Waals surface area (Å²) >= 11 is 3.43. The Balaban J connectivity index is 1.77. The lowest BCUT2D eigenvalue weighted by atomic mass is 10.1. The van der Waals surface area contributed by atoms with Gasteiger partial charge in [0.25, 0.3) is 5.91 Å². The molecule has 0 spiro atoms. The number of halogens is 1. The third kappa shape index (κ3) is 3.13. The number of benzene rings is 1. The minimum atomic E-state index is -0.161. The molecular formula is C16H17BrN2O2. The van der Waals surface area contributed by atoms with Gasteiger partial charge in [0, 0.05) is 16.7 Å². The summed E-state index contributed by atoms with van der Waals surface area (Å²) in [7, 11) is 0. The van der Waals surface area contributed by atoms with Gasteiger partial charge in [-0.3, -0.25) is 4.79 Å². The fraction of sp³-hybridized carbons (Fsp3) is 0.312. The van der Waals surface area contributed by atoms with Gasteiger partial charge >= 0.3 is 0 Å². The average molecular weight is 349 g/mol. The fourth-order valence-corrected chi connectivity index (χ4v) is 2.87. The number of phenolic OH excluding ortho intramolecular Hbond substituents is 1. The van der Waals surface area contributed by atoms with Crippen LogP contribution in [0.1, 0.15) is 47.9 Å². The van der Waals surface area contributed by atoms with E-state index in [1.54, 1.807) is 18.2 Å². The lowest BCUT2D eigenvalue weighted by Crippen LogP contribution is -2.28. The van der Waals surface area contributed by atoms with E-state index in [0.717, 1.165) is 22.9 Å². The molecule has 1 aromatic carbocycles. The van der Waals surface area contributed by atoms with Crippen molar-refractivity contribution in [2.45, 2.75) is 31.8 Å². The molecule has 1 aromatic heterocycles. The molecule has 1 aliphatic rings. The molecule has 4 nitrogen and oxygen atoms in total. The maximum absolute atomic E-state index is 12.5. The Morgan fingerprint density at radius 2 is 2.19 bits per heavy atom. The van der Waals surface area contributed by atoms with Gasteiger partial charge in [-0.05, 0) is 59.5 Å². The SMILES string of the molecule is CC(NC(=O)c1cc(Br)cn1C1CC1)c1cccc(O)c1. The van der Waals surface area contributed by atoms with E-state index in [2.05, 4.69) is 21.2 Å². The highest BCUT2D eigenvalue weighted by molar-refractivity contribution is 9.10. The normalized spacial score (nSPS) is 15.7. The van der Waals surface area contributed by atoms with Crippen molar-refractivity contribution in [3.8, 4) is 5.75 Å². The fourth-order valence-electron chi connectivity index (χ4n) is 2.43. The molecule has 2 N–H and O–H groups in total. The second kappa shape index (κ2) is 5.56. The molecule has 21 heavy (non-hydrogen) atoms. The largest absolute Gasteiger partial charge is 0.508 e. The number of rotatable bonds is 4. The van der Waals surface area contributed by atoms with Crippen LogP contribution >= 0.6 is 15.9 Å². The third-order valence-electron chi connectivity index (χ3n) is 3.71. The lowest BCUT2D eigenvalue weighted by Gasteiger charge is -2.15.